The summed E-state index contributed by atoms with van der Waals surface area (Å²) in [5.74, 6) is 1.05. The predicted molar refractivity (Wildman–Crippen MR) is 122 cm³/mol. The molecule has 0 radical (unpaired) electrons. The maximum absolute atomic E-state index is 13.3. The van der Waals surface area contributed by atoms with Gasteiger partial charge in [0.1, 0.15) is 17.7 Å². The lowest BCUT2D eigenvalue weighted by Crippen LogP contribution is -2.49. The number of likely N-dealkylation sites (tertiary alicyclic amines) is 1. The zero-order valence-electron chi connectivity index (χ0n) is 19.2. The molecule has 2 aromatic rings. The Balaban J connectivity index is 1.42. The maximum atomic E-state index is 13.3. The standard InChI is InChI=1S/C25H33FN4O2/c1-17(2)24-13-19-12-18(4-7-23(19)32-24)14-28-25(31)30(22-8-10-29(3)11-9-22)16-21-6-5-20(26)15-27-21/h4-7,12,15,17,22,24H,8-11,13-14,16H2,1-3H3,(H,28,31). The van der Waals surface area contributed by atoms with E-state index in [0.29, 0.717) is 24.7 Å². The van der Waals surface area contributed by atoms with E-state index in [0.717, 1.165) is 43.7 Å². The topological polar surface area (TPSA) is 57.7 Å². The SMILES string of the molecule is CC(C)C1Cc2cc(CNC(=O)N(Cc3ccc(F)cn3)C3CCN(C)CC3)ccc2O1. The fourth-order valence-electron chi connectivity index (χ4n) is 4.44. The van der Waals surface area contributed by atoms with Crippen LogP contribution in [-0.2, 0) is 19.5 Å². The van der Waals surface area contributed by atoms with Gasteiger partial charge in [0.05, 0.1) is 18.4 Å². The van der Waals surface area contributed by atoms with Gasteiger partial charge in [0.2, 0.25) is 0 Å². The van der Waals surface area contributed by atoms with Crippen molar-refractivity contribution >= 4 is 6.03 Å². The number of amides is 2. The van der Waals surface area contributed by atoms with E-state index in [-0.39, 0.29) is 24.0 Å². The number of benzene rings is 1. The van der Waals surface area contributed by atoms with Crippen molar-refractivity contribution in [2.45, 2.75) is 58.3 Å². The van der Waals surface area contributed by atoms with Crippen molar-refractivity contribution in [1.82, 2.24) is 20.1 Å². The molecule has 2 aliphatic heterocycles. The monoisotopic (exact) mass is 440 g/mol. The van der Waals surface area contributed by atoms with Crippen LogP contribution in [-0.4, -0.2) is 53.1 Å². The summed E-state index contributed by atoms with van der Waals surface area (Å²) in [5, 5.41) is 3.10. The minimum absolute atomic E-state index is 0.109. The number of fused-ring (bicyclic) bond motifs is 1. The fraction of sp³-hybridized carbons (Fsp3) is 0.520. The zero-order valence-corrected chi connectivity index (χ0v) is 19.2. The summed E-state index contributed by atoms with van der Waals surface area (Å²) in [6.07, 6.45) is 4.16. The molecule has 2 aliphatic rings. The normalized spacial score (nSPS) is 19.0. The number of ether oxygens (including phenoxy) is 1. The van der Waals surface area contributed by atoms with Gasteiger partial charge in [-0.15, -0.1) is 0 Å². The van der Waals surface area contributed by atoms with Crippen LogP contribution in [0.25, 0.3) is 0 Å². The average Bonchev–Trinajstić information content (AvgIpc) is 3.22. The molecule has 1 saturated heterocycles. The summed E-state index contributed by atoms with van der Waals surface area (Å²) in [6, 6.07) is 9.24. The van der Waals surface area contributed by atoms with Crippen LogP contribution in [0.2, 0.25) is 0 Å². The molecule has 0 saturated carbocycles. The molecular formula is C25H33FN4O2. The van der Waals surface area contributed by atoms with Crippen LogP contribution >= 0.6 is 0 Å². The fourth-order valence-corrected chi connectivity index (χ4v) is 4.44. The Labute approximate surface area is 189 Å². The third kappa shape index (κ3) is 5.38. The Bertz CT molecular complexity index is 926. The second kappa shape index (κ2) is 9.86. The number of nitrogens with zero attached hydrogens (tertiary/aromatic N) is 3. The number of halogens is 1. The van der Waals surface area contributed by atoms with Gasteiger partial charge in [-0.3, -0.25) is 4.98 Å². The molecule has 7 heteroatoms. The molecule has 32 heavy (non-hydrogen) atoms. The Morgan fingerprint density at radius 2 is 2.06 bits per heavy atom. The van der Waals surface area contributed by atoms with E-state index in [2.05, 4.69) is 42.2 Å². The van der Waals surface area contributed by atoms with Crippen molar-refractivity contribution < 1.29 is 13.9 Å². The molecule has 0 spiro atoms. The molecule has 1 aromatic carbocycles. The molecule has 0 aliphatic carbocycles. The van der Waals surface area contributed by atoms with Gasteiger partial charge < -0.3 is 19.9 Å². The molecular weight excluding hydrogens is 407 g/mol. The molecule has 1 atom stereocenters. The van der Waals surface area contributed by atoms with Gasteiger partial charge in [-0.05, 0) is 68.2 Å². The van der Waals surface area contributed by atoms with Crippen molar-refractivity contribution in [1.29, 1.82) is 0 Å². The van der Waals surface area contributed by atoms with Crippen molar-refractivity contribution in [2.24, 2.45) is 5.92 Å². The number of aromatic nitrogens is 1. The quantitative estimate of drug-likeness (QED) is 0.738. The number of carbonyl (C=O) groups is 1. The van der Waals surface area contributed by atoms with Gasteiger partial charge in [-0.2, -0.15) is 0 Å². The molecule has 1 unspecified atom stereocenters. The van der Waals surface area contributed by atoms with Crippen LogP contribution in [0, 0.1) is 11.7 Å². The van der Waals surface area contributed by atoms with Crippen LogP contribution in [0.15, 0.2) is 36.5 Å². The number of rotatable bonds is 6. The lowest BCUT2D eigenvalue weighted by Gasteiger charge is -2.37. The van der Waals surface area contributed by atoms with E-state index in [1.54, 1.807) is 6.07 Å². The Kier molecular flexibility index (Phi) is 6.94. The number of carbonyl (C=O) groups excluding carboxylic acids is 1. The second-order valence-electron chi connectivity index (χ2n) is 9.34. The molecule has 6 nitrogen and oxygen atoms in total. The van der Waals surface area contributed by atoms with Crippen molar-refractivity contribution in [3.63, 3.8) is 0 Å². The Hall–Kier alpha value is -2.67. The van der Waals surface area contributed by atoms with E-state index < -0.39 is 0 Å². The van der Waals surface area contributed by atoms with Crippen LogP contribution in [0.4, 0.5) is 9.18 Å². The van der Waals surface area contributed by atoms with Crippen molar-refractivity contribution in [2.75, 3.05) is 20.1 Å². The molecule has 0 bridgehead atoms. The number of piperidine rings is 1. The summed E-state index contributed by atoms with van der Waals surface area (Å²) in [7, 11) is 2.10. The summed E-state index contributed by atoms with van der Waals surface area (Å²) >= 11 is 0. The molecule has 172 valence electrons. The second-order valence-corrected chi connectivity index (χ2v) is 9.34. The highest BCUT2D eigenvalue weighted by molar-refractivity contribution is 5.74. The lowest BCUT2D eigenvalue weighted by molar-refractivity contribution is 0.126. The van der Waals surface area contributed by atoms with Gasteiger partial charge in [0, 0.05) is 19.0 Å². The van der Waals surface area contributed by atoms with Crippen LogP contribution in [0.1, 0.15) is 43.5 Å². The Morgan fingerprint density at radius 1 is 1.28 bits per heavy atom. The van der Waals surface area contributed by atoms with Gasteiger partial charge in [0.25, 0.3) is 0 Å². The molecule has 3 heterocycles. The average molecular weight is 441 g/mol. The lowest BCUT2D eigenvalue weighted by atomic mass is 10.0. The first-order valence-corrected chi connectivity index (χ1v) is 11.5. The molecule has 1 N–H and O–H groups in total. The first-order chi connectivity index (χ1) is 15.4. The van der Waals surface area contributed by atoms with Gasteiger partial charge in [-0.1, -0.05) is 26.0 Å². The highest BCUT2D eigenvalue weighted by Gasteiger charge is 2.28. The van der Waals surface area contributed by atoms with E-state index in [9.17, 15) is 9.18 Å². The third-order valence-corrected chi connectivity index (χ3v) is 6.52. The van der Waals surface area contributed by atoms with E-state index >= 15 is 0 Å². The van der Waals surface area contributed by atoms with E-state index in [1.165, 1.54) is 17.8 Å². The highest BCUT2D eigenvalue weighted by Crippen LogP contribution is 2.32. The predicted octanol–water partition coefficient (Wildman–Crippen LogP) is 3.99. The number of hydrogen-bond acceptors (Lipinski definition) is 4. The van der Waals surface area contributed by atoms with Crippen LogP contribution in [0.5, 0.6) is 5.75 Å². The van der Waals surface area contributed by atoms with Gasteiger partial charge in [0.15, 0.2) is 0 Å². The summed E-state index contributed by atoms with van der Waals surface area (Å²) in [5.41, 5.74) is 2.96. The Morgan fingerprint density at radius 3 is 2.75 bits per heavy atom. The third-order valence-electron chi connectivity index (χ3n) is 6.52. The summed E-state index contributed by atoms with van der Waals surface area (Å²) in [6.45, 7) is 7.07. The smallest absolute Gasteiger partial charge is 0.318 e. The number of urea groups is 1. The van der Waals surface area contributed by atoms with Crippen LogP contribution in [0.3, 0.4) is 0 Å². The molecule has 1 fully saturated rings. The summed E-state index contributed by atoms with van der Waals surface area (Å²) in [4.78, 5) is 21.5. The summed E-state index contributed by atoms with van der Waals surface area (Å²) < 4.78 is 19.3. The van der Waals surface area contributed by atoms with E-state index in [1.807, 2.05) is 17.0 Å². The largest absolute Gasteiger partial charge is 0.490 e. The van der Waals surface area contributed by atoms with Gasteiger partial charge >= 0.3 is 6.03 Å². The van der Waals surface area contributed by atoms with E-state index in [4.69, 9.17) is 4.74 Å². The first kappa shape index (κ1) is 22.5. The van der Waals surface area contributed by atoms with Gasteiger partial charge in [-0.25, -0.2) is 9.18 Å². The number of hydrogen-bond donors (Lipinski definition) is 1. The molecule has 2 amide bonds. The van der Waals surface area contributed by atoms with Crippen molar-refractivity contribution in [3.8, 4) is 5.75 Å². The number of nitrogens with one attached hydrogen (secondary N) is 1. The first-order valence-electron chi connectivity index (χ1n) is 11.5. The van der Waals surface area contributed by atoms with Crippen LogP contribution < -0.4 is 10.1 Å². The molecule has 4 rings (SSSR count). The minimum atomic E-state index is -0.371. The maximum Gasteiger partial charge on any atom is 0.318 e. The highest BCUT2D eigenvalue weighted by atomic mass is 19.1. The number of pyridine rings is 1. The molecule has 1 aromatic heterocycles. The van der Waals surface area contributed by atoms with Crippen molar-refractivity contribution in [3.05, 3.63) is 59.2 Å². The minimum Gasteiger partial charge on any atom is -0.490 e. The zero-order chi connectivity index (χ0) is 22.7.